The zero-order chi connectivity index (χ0) is 29.1. The van der Waals surface area contributed by atoms with E-state index in [0.717, 1.165) is 0 Å². The zero-order valence-corrected chi connectivity index (χ0v) is 23.1. The number of halogens is 1. The van der Waals surface area contributed by atoms with Gasteiger partial charge in [0.2, 0.25) is 5.91 Å². The highest BCUT2D eigenvalue weighted by molar-refractivity contribution is 6.60. The van der Waals surface area contributed by atoms with Gasteiger partial charge in [-0.3, -0.25) is 30.3 Å². The molecule has 3 aromatic rings. The van der Waals surface area contributed by atoms with Crippen molar-refractivity contribution < 1.29 is 19.6 Å². The molecule has 40 heavy (non-hydrogen) atoms. The molecule has 0 aromatic heterocycles. The van der Waals surface area contributed by atoms with Gasteiger partial charge in [0.1, 0.15) is 17.7 Å². The lowest BCUT2D eigenvalue weighted by atomic mass is 9.75. The van der Waals surface area contributed by atoms with Gasteiger partial charge in [0, 0.05) is 28.3 Å². The number of carbonyl (C=O) groups excluding carboxylic acids is 2. The Morgan fingerprint density at radius 3 is 2.25 bits per heavy atom. The normalized spacial score (nSPS) is 14.7. The molecule has 3 aromatic carbocycles. The number of hydrogen-bond donors (Lipinski definition) is 5. The lowest BCUT2D eigenvalue weighted by Gasteiger charge is -2.26. The first kappa shape index (κ1) is 28.9. The fourth-order valence-electron chi connectivity index (χ4n) is 4.73. The van der Waals surface area contributed by atoms with Crippen LogP contribution in [0.15, 0.2) is 65.7 Å². The number of ketones is 1. The highest BCUT2D eigenvalue weighted by Crippen LogP contribution is 2.34. The minimum absolute atomic E-state index is 0.00628. The number of hydrogen-bond acceptors (Lipinski definition) is 7. The van der Waals surface area contributed by atoms with Gasteiger partial charge in [0.15, 0.2) is 5.78 Å². The van der Waals surface area contributed by atoms with Crippen molar-refractivity contribution >= 4 is 58.9 Å². The summed E-state index contributed by atoms with van der Waals surface area (Å²) in [4.78, 5) is 31.0. The summed E-state index contributed by atoms with van der Waals surface area (Å²) in [6, 6.07) is 16.4. The van der Waals surface area contributed by atoms with Crippen LogP contribution in [0.25, 0.3) is 11.1 Å². The maximum absolute atomic E-state index is 12.6. The number of nitrogens with zero attached hydrogens (tertiary/aromatic N) is 2. The number of carbonyl (C=O) groups is 2. The van der Waals surface area contributed by atoms with Gasteiger partial charge >= 0.3 is 7.12 Å². The molecule has 5 N–H and O–H groups in total. The molecule has 1 aliphatic rings. The monoisotopic (exact) mass is 557 g/mol. The predicted octanol–water partition coefficient (Wildman–Crippen LogP) is 3.42. The second-order valence-electron chi connectivity index (χ2n) is 9.43. The van der Waals surface area contributed by atoms with Gasteiger partial charge in [-0.1, -0.05) is 48.0 Å². The topological polar surface area (TPSA) is 150 Å². The highest BCUT2D eigenvalue weighted by atomic mass is 35.5. The lowest BCUT2D eigenvalue weighted by Crippen LogP contribution is -2.42. The van der Waals surface area contributed by atoms with E-state index in [1.165, 1.54) is 11.8 Å². The molecule has 1 heterocycles. The van der Waals surface area contributed by atoms with Crippen LogP contribution in [-0.4, -0.2) is 58.8 Å². The number of amidine groups is 2. The smallest absolute Gasteiger partial charge is 0.423 e. The molecule has 0 saturated carbocycles. The van der Waals surface area contributed by atoms with Gasteiger partial charge in [-0.25, -0.2) is 0 Å². The summed E-state index contributed by atoms with van der Waals surface area (Å²) in [6.45, 7) is 5.18. The molecule has 0 unspecified atom stereocenters. The molecule has 9 nitrogen and oxygen atoms in total. The predicted molar refractivity (Wildman–Crippen MR) is 159 cm³/mol. The van der Waals surface area contributed by atoms with Gasteiger partial charge in [-0.2, -0.15) is 0 Å². The zero-order valence-electron chi connectivity index (χ0n) is 22.3. The third kappa shape index (κ3) is 5.89. The molecule has 1 atom stereocenters. The Morgan fingerprint density at radius 1 is 1.02 bits per heavy atom. The first-order chi connectivity index (χ1) is 19.0. The van der Waals surface area contributed by atoms with Gasteiger partial charge in [-0.05, 0) is 61.6 Å². The quantitative estimate of drug-likeness (QED) is 0.131. The largest absolute Gasteiger partial charge is 0.489 e. The van der Waals surface area contributed by atoms with Crippen molar-refractivity contribution in [3.05, 3.63) is 82.4 Å². The number of nitrogens with one attached hydrogen (secondary N) is 3. The van der Waals surface area contributed by atoms with E-state index in [9.17, 15) is 19.6 Å². The third-order valence-corrected chi connectivity index (χ3v) is 6.83. The van der Waals surface area contributed by atoms with Crippen molar-refractivity contribution in [1.82, 2.24) is 5.32 Å². The maximum atomic E-state index is 12.6. The first-order valence-corrected chi connectivity index (χ1v) is 13.1. The van der Waals surface area contributed by atoms with E-state index in [1.807, 2.05) is 13.0 Å². The second kappa shape index (κ2) is 12.0. The molecule has 0 bridgehead atoms. The number of benzene rings is 3. The standard InChI is InChI=1S/C29H29BClN5O4/c1-4-34-27(38)15-25-29(33)36(17(3)32)26-12-8-19(20-7-11-22(16(2)37)24(14-20)30(39)40)13-23(26)28(35-25)18-5-9-21(31)10-6-18/h5-14,25,32-33,39-40H,4,15H2,1-3H3,(H,34,38)/t25-/m0/s1. The van der Waals surface area contributed by atoms with Crippen LogP contribution in [0.5, 0.6) is 0 Å². The molecule has 0 aliphatic carbocycles. The Balaban J connectivity index is 1.96. The van der Waals surface area contributed by atoms with Gasteiger partial charge in [0.05, 0.1) is 17.8 Å². The SMILES string of the molecule is CCNC(=O)C[C@@H]1N=C(c2ccc(Cl)cc2)c2cc(-c3ccc(C(C)=O)c(B(O)O)c3)ccc2N(C(C)=N)C1=N. The minimum atomic E-state index is -1.84. The summed E-state index contributed by atoms with van der Waals surface area (Å²) < 4.78 is 0. The van der Waals surface area contributed by atoms with Crippen LogP contribution in [0.2, 0.25) is 5.02 Å². The average molecular weight is 558 g/mol. The van der Waals surface area contributed by atoms with Gasteiger partial charge in [0.25, 0.3) is 0 Å². The van der Waals surface area contributed by atoms with Crippen LogP contribution in [0.3, 0.4) is 0 Å². The Kier molecular flexibility index (Phi) is 8.63. The fraction of sp³-hybridized carbons (Fsp3) is 0.207. The minimum Gasteiger partial charge on any atom is -0.423 e. The van der Waals surface area contributed by atoms with E-state index in [-0.39, 0.29) is 40.8 Å². The molecule has 0 radical (unpaired) electrons. The van der Waals surface area contributed by atoms with E-state index in [2.05, 4.69) is 5.32 Å². The Hall–Kier alpha value is -4.12. The lowest BCUT2D eigenvalue weighted by molar-refractivity contribution is -0.121. The average Bonchev–Trinajstić information content (AvgIpc) is 3.02. The molecule has 0 saturated heterocycles. The van der Waals surface area contributed by atoms with Crippen LogP contribution in [-0.2, 0) is 4.79 Å². The number of benzodiazepines with no additional fused rings is 1. The summed E-state index contributed by atoms with van der Waals surface area (Å²) in [5.74, 6) is -0.467. The van der Waals surface area contributed by atoms with Crippen molar-refractivity contribution in [2.75, 3.05) is 11.4 Å². The highest BCUT2D eigenvalue weighted by Gasteiger charge is 2.32. The molecule has 1 amide bonds. The molecular weight excluding hydrogens is 529 g/mol. The van der Waals surface area contributed by atoms with E-state index in [4.69, 9.17) is 27.4 Å². The van der Waals surface area contributed by atoms with Crippen molar-refractivity contribution in [3.8, 4) is 11.1 Å². The van der Waals surface area contributed by atoms with E-state index in [0.29, 0.717) is 45.2 Å². The van der Waals surface area contributed by atoms with E-state index in [1.54, 1.807) is 61.5 Å². The summed E-state index contributed by atoms with van der Waals surface area (Å²) in [5, 5.41) is 40.6. The number of Topliss-reactive ketones (excluding diaryl/α,β-unsaturated/α-hetero) is 1. The van der Waals surface area contributed by atoms with Crippen LogP contribution in [0.1, 0.15) is 48.7 Å². The Labute approximate surface area is 237 Å². The Bertz CT molecular complexity index is 1540. The summed E-state index contributed by atoms with van der Waals surface area (Å²) in [7, 11) is -1.84. The molecule has 0 spiro atoms. The van der Waals surface area contributed by atoms with Crippen LogP contribution in [0.4, 0.5) is 5.69 Å². The molecular formula is C29H29BClN5O4. The van der Waals surface area contributed by atoms with Crippen LogP contribution >= 0.6 is 11.6 Å². The summed E-state index contributed by atoms with van der Waals surface area (Å²) in [5.41, 5.74) is 3.98. The number of aliphatic imine (C=N–C) groups is 1. The Morgan fingerprint density at radius 2 is 1.65 bits per heavy atom. The fourth-order valence-corrected chi connectivity index (χ4v) is 4.85. The number of amides is 1. The van der Waals surface area contributed by atoms with Crippen molar-refractivity contribution in [2.24, 2.45) is 4.99 Å². The third-order valence-electron chi connectivity index (χ3n) is 6.58. The molecule has 1 aliphatic heterocycles. The number of anilines is 1. The second-order valence-corrected chi connectivity index (χ2v) is 9.86. The summed E-state index contributed by atoms with van der Waals surface area (Å²) in [6.07, 6.45) is -0.0708. The van der Waals surface area contributed by atoms with Gasteiger partial charge < -0.3 is 15.4 Å². The number of fused-ring (bicyclic) bond motifs is 1. The number of rotatable bonds is 7. The van der Waals surface area contributed by atoms with Crippen LogP contribution in [0, 0.1) is 10.8 Å². The van der Waals surface area contributed by atoms with E-state index >= 15 is 0 Å². The molecule has 11 heteroatoms. The summed E-state index contributed by atoms with van der Waals surface area (Å²) >= 11 is 6.16. The van der Waals surface area contributed by atoms with E-state index < -0.39 is 13.2 Å². The maximum Gasteiger partial charge on any atom is 0.489 e. The van der Waals surface area contributed by atoms with Crippen molar-refractivity contribution in [2.45, 2.75) is 33.2 Å². The van der Waals surface area contributed by atoms with Crippen molar-refractivity contribution in [1.29, 1.82) is 10.8 Å². The van der Waals surface area contributed by atoms with Crippen molar-refractivity contribution in [3.63, 3.8) is 0 Å². The van der Waals surface area contributed by atoms with Crippen LogP contribution < -0.4 is 15.7 Å². The molecule has 204 valence electrons. The first-order valence-electron chi connectivity index (χ1n) is 12.7. The molecule has 4 rings (SSSR count). The molecule has 0 fully saturated rings. The van der Waals surface area contributed by atoms with Gasteiger partial charge in [-0.15, -0.1) is 0 Å².